The first-order valence-corrected chi connectivity index (χ1v) is 7.96. The molecule has 0 amide bonds. The molecule has 1 rings (SSSR count). The highest BCUT2D eigenvalue weighted by Crippen LogP contribution is 2.48. The van der Waals surface area contributed by atoms with Crippen molar-refractivity contribution in [3.63, 3.8) is 0 Å². The summed E-state index contributed by atoms with van der Waals surface area (Å²) in [5.74, 6) is -0.172. The fourth-order valence-corrected chi connectivity index (χ4v) is 2.89. The molecule has 5 nitrogen and oxygen atoms in total. The highest BCUT2D eigenvalue weighted by molar-refractivity contribution is 7.84. The Hall–Kier alpha value is -1.03. The van der Waals surface area contributed by atoms with E-state index in [0.717, 1.165) is 0 Å². The van der Waals surface area contributed by atoms with E-state index in [1.807, 2.05) is 0 Å². The molecule has 1 N–H and O–H groups in total. The van der Waals surface area contributed by atoms with Gasteiger partial charge in [0.05, 0.1) is 6.61 Å². The summed E-state index contributed by atoms with van der Waals surface area (Å²) in [5.41, 5.74) is 0. The third kappa shape index (κ3) is 5.08. The predicted molar refractivity (Wildman–Crippen MR) is 69.8 cm³/mol. The number of esters is 1. The third-order valence-electron chi connectivity index (χ3n) is 1.95. The zero-order valence-corrected chi connectivity index (χ0v) is 11.8. The fraction of sp³-hybridized carbons (Fsp3) is 0.364. The Morgan fingerprint density at radius 3 is 2.61 bits per heavy atom. The molecule has 0 aromatic heterocycles. The van der Waals surface area contributed by atoms with Crippen molar-refractivity contribution in [2.75, 3.05) is 6.61 Å². The molecular formula is C11H15ClNO4P. The van der Waals surface area contributed by atoms with Gasteiger partial charge in [-0.25, -0.2) is 9.65 Å². The minimum atomic E-state index is -3.63. The molecule has 1 aromatic rings. The lowest BCUT2D eigenvalue weighted by atomic mass is 10.3. The molecule has 0 bridgehead atoms. The van der Waals surface area contributed by atoms with Crippen molar-refractivity contribution in [1.29, 1.82) is 0 Å². The zero-order valence-electron chi connectivity index (χ0n) is 10.1. The molecular weight excluding hydrogens is 277 g/mol. The summed E-state index contributed by atoms with van der Waals surface area (Å²) in [7, 11) is 0. The van der Waals surface area contributed by atoms with E-state index in [1.165, 1.54) is 6.92 Å². The molecule has 0 aliphatic rings. The second-order valence-corrected chi connectivity index (χ2v) is 6.22. The average molecular weight is 292 g/mol. The zero-order chi connectivity index (χ0) is 13.6. The second kappa shape index (κ2) is 6.78. The van der Waals surface area contributed by atoms with Crippen molar-refractivity contribution in [1.82, 2.24) is 5.09 Å². The van der Waals surface area contributed by atoms with Crippen LogP contribution in [0.1, 0.15) is 13.8 Å². The Bertz CT molecular complexity index is 440. The van der Waals surface area contributed by atoms with Crippen LogP contribution in [0.3, 0.4) is 0 Å². The van der Waals surface area contributed by atoms with Crippen molar-refractivity contribution in [3.8, 4) is 5.75 Å². The molecule has 1 unspecified atom stereocenters. The van der Waals surface area contributed by atoms with Gasteiger partial charge in [-0.1, -0.05) is 18.2 Å². The summed E-state index contributed by atoms with van der Waals surface area (Å²) in [5, 5.41) is 2.41. The van der Waals surface area contributed by atoms with Gasteiger partial charge in [0.2, 0.25) is 0 Å². The third-order valence-corrected chi connectivity index (χ3v) is 3.60. The van der Waals surface area contributed by atoms with E-state index in [1.54, 1.807) is 37.3 Å². The first-order valence-electron chi connectivity index (χ1n) is 5.43. The number of halogens is 1. The Balaban J connectivity index is 2.59. The molecule has 100 valence electrons. The van der Waals surface area contributed by atoms with E-state index in [-0.39, 0.29) is 6.61 Å². The molecule has 18 heavy (non-hydrogen) atoms. The van der Waals surface area contributed by atoms with E-state index in [2.05, 4.69) is 5.09 Å². The summed E-state index contributed by atoms with van der Waals surface area (Å²) in [6.07, 6.45) is 0. The Kier molecular flexibility index (Phi) is 5.66. The topological polar surface area (TPSA) is 64.6 Å². The number of rotatable bonds is 6. The lowest BCUT2D eigenvalue weighted by Crippen LogP contribution is -2.33. The first-order chi connectivity index (χ1) is 8.44. The van der Waals surface area contributed by atoms with E-state index in [9.17, 15) is 9.36 Å². The quantitative estimate of drug-likeness (QED) is 0.645. The van der Waals surface area contributed by atoms with Crippen LogP contribution in [-0.2, 0) is 14.1 Å². The molecule has 0 aliphatic carbocycles. The average Bonchev–Trinajstić information content (AvgIpc) is 2.29. The summed E-state index contributed by atoms with van der Waals surface area (Å²) in [6, 6.07) is 7.66. The molecule has 1 aromatic carbocycles. The maximum atomic E-state index is 11.9. The molecule has 0 radical (unpaired) electrons. The lowest BCUT2D eigenvalue weighted by Gasteiger charge is -2.17. The predicted octanol–water partition coefficient (Wildman–Crippen LogP) is 2.95. The van der Waals surface area contributed by atoms with Crippen LogP contribution in [0, 0.1) is 0 Å². The maximum absolute atomic E-state index is 11.9. The van der Waals surface area contributed by atoms with Gasteiger partial charge < -0.3 is 9.26 Å². The van der Waals surface area contributed by atoms with Gasteiger partial charge >= 0.3 is 12.8 Å². The number of hydrogen-bond acceptors (Lipinski definition) is 4. The Morgan fingerprint density at radius 1 is 1.44 bits per heavy atom. The van der Waals surface area contributed by atoms with Gasteiger partial charge in [-0.2, -0.15) is 0 Å². The normalized spacial score (nSPS) is 15.5. The van der Waals surface area contributed by atoms with Crippen molar-refractivity contribution in [3.05, 3.63) is 30.3 Å². The van der Waals surface area contributed by atoms with Crippen LogP contribution in [-0.4, -0.2) is 18.6 Å². The Morgan fingerprint density at radius 2 is 2.06 bits per heavy atom. The number of ether oxygens (including phenoxy) is 1. The standard InChI is InChI=1S/C11H15ClNO4P/c1-3-16-11(14)9(2)13-18(12,15)17-10-7-5-4-6-8-10/h4-9H,3H2,1-2H3,(H,13,15)/t9-,18?/m0/s1. The maximum Gasteiger partial charge on any atom is 0.409 e. The number of nitrogens with one attached hydrogen (secondary N) is 1. The fourth-order valence-electron chi connectivity index (χ4n) is 1.19. The lowest BCUT2D eigenvalue weighted by molar-refractivity contribution is -0.144. The minimum absolute atomic E-state index is 0.247. The van der Waals surface area contributed by atoms with Crippen LogP contribution in [0.15, 0.2) is 30.3 Å². The molecule has 0 aliphatic heterocycles. The van der Waals surface area contributed by atoms with Crippen molar-refractivity contribution >= 4 is 24.1 Å². The van der Waals surface area contributed by atoms with Gasteiger partial charge in [0, 0.05) is 11.2 Å². The highest BCUT2D eigenvalue weighted by atomic mass is 35.7. The van der Waals surface area contributed by atoms with Crippen LogP contribution in [0.25, 0.3) is 0 Å². The molecule has 0 spiro atoms. The largest absolute Gasteiger partial charge is 0.465 e. The molecule has 0 saturated heterocycles. The highest BCUT2D eigenvalue weighted by Gasteiger charge is 2.27. The summed E-state index contributed by atoms with van der Waals surface area (Å²) >= 11 is 5.72. The molecule has 2 atom stereocenters. The smallest absolute Gasteiger partial charge is 0.409 e. The Labute approximate surface area is 111 Å². The summed E-state index contributed by atoms with van der Waals surface area (Å²) in [4.78, 5) is 11.4. The van der Waals surface area contributed by atoms with E-state index >= 15 is 0 Å². The number of benzene rings is 1. The van der Waals surface area contributed by atoms with E-state index < -0.39 is 18.9 Å². The molecule has 0 saturated carbocycles. The van der Waals surface area contributed by atoms with Crippen LogP contribution < -0.4 is 9.61 Å². The van der Waals surface area contributed by atoms with Gasteiger partial charge in [-0.05, 0) is 26.0 Å². The van der Waals surface area contributed by atoms with Gasteiger partial charge in [-0.15, -0.1) is 0 Å². The number of para-hydroxylation sites is 1. The number of carbonyl (C=O) groups is 1. The minimum Gasteiger partial charge on any atom is -0.465 e. The second-order valence-electron chi connectivity index (χ2n) is 3.49. The molecule has 0 fully saturated rings. The van der Waals surface area contributed by atoms with Crippen LogP contribution in [0.2, 0.25) is 0 Å². The van der Waals surface area contributed by atoms with Crippen molar-refractivity contribution in [2.45, 2.75) is 19.9 Å². The van der Waals surface area contributed by atoms with E-state index in [4.69, 9.17) is 20.5 Å². The van der Waals surface area contributed by atoms with Gasteiger partial charge in [0.1, 0.15) is 11.8 Å². The van der Waals surface area contributed by atoms with Crippen molar-refractivity contribution in [2.24, 2.45) is 0 Å². The van der Waals surface area contributed by atoms with Gasteiger partial charge in [-0.3, -0.25) is 4.79 Å². The number of hydrogen-bond donors (Lipinski definition) is 1. The van der Waals surface area contributed by atoms with Crippen molar-refractivity contribution < 1.29 is 18.6 Å². The molecule has 7 heteroatoms. The summed E-state index contributed by atoms with van der Waals surface area (Å²) in [6.45, 7) is -0.192. The first kappa shape index (κ1) is 15.0. The van der Waals surface area contributed by atoms with E-state index in [0.29, 0.717) is 5.75 Å². The van der Waals surface area contributed by atoms with Crippen LogP contribution in [0.5, 0.6) is 5.75 Å². The monoisotopic (exact) mass is 291 g/mol. The number of carbonyl (C=O) groups excluding carboxylic acids is 1. The van der Waals surface area contributed by atoms with Gasteiger partial charge in [0.25, 0.3) is 0 Å². The molecule has 0 heterocycles. The van der Waals surface area contributed by atoms with Crippen LogP contribution >= 0.6 is 18.1 Å². The van der Waals surface area contributed by atoms with Gasteiger partial charge in [0.15, 0.2) is 0 Å². The summed E-state index contributed by atoms with van der Waals surface area (Å²) < 4.78 is 21.8. The van der Waals surface area contributed by atoms with Crippen LogP contribution in [0.4, 0.5) is 0 Å². The SMILES string of the molecule is CCOC(=O)[C@H](C)NP(=O)(Cl)Oc1ccccc1.